The van der Waals surface area contributed by atoms with Gasteiger partial charge in [0.05, 0.1) is 6.54 Å². The monoisotopic (exact) mass is 259 g/mol. The summed E-state index contributed by atoms with van der Waals surface area (Å²) in [4.78, 5) is 6.74. The molecule has 1 aromatic carbocycles. The fraction of sp³-hybridized carbons (Fsp3) is 0.400. The first-order valence-corrected chi connectivity index (χ1v) is 6.66. The van der Waals surface area contributed by atoms with Crippen LogP contribution in [-0.2, 0) is 13.6 Å². The van der Waals surface area contributed by atoms with Crippen molar-refractivity contribution in [2.45, 2.75) is 18.9 Å². The molecule has 3 nitrogen and oxygen atoms in total. The molecule has 1 aromatic heterocycles. The molecule has 1 saturated heterocycles. The van der Waals surface area contributed by atoms with E-state index in [1.165, 1.54) is 6.07 Å². The summed E-state index contributed by atoms with van der Waals surface area (Å²) in [7, 11) is 2.02. The van der Waals surface area contributed by atoms with Crippen LogP contribution < -0.4 is 0 Å². The summed E-state index contributed by atoms with van der Waals surface area (Å²) >= 11 is 0. The summed E-state index contributed by atoms with van der Waals surface area (Å²) in [5.41, 5.74) is 1.11. The van der Waals surface area contributed by atoms with Crippen molar-refractivity contribution in [1.29, 1.82) is 0 Å². The molecule has 0 amide bonds. The van der Waals surface area contributed by atoms with Crippen molar-refractivity contribution < 1.29 is 4.39 Å². The van der Waals surface area contributed by atoms with E-state index in [1.807, 2.05) is 25.5 Å². The Kier molecular flexibility index (Phi) is 3.34. The second-order valence-corrected chi connectivity index (χ2v) is 5.23. The van der Waals surface area contributed by atoms with E-state index in [0.717, 1.165) is 37.4 Å². The number of aryl methyl sites for hydroxylation is 1. The molecule has 1 aliphatic heterocycles. The van der Waals surface area contributed by atoms with Crippen LogP contribution in [0.3, 0.4) is 0 Å². The highest BCUT2D eigenvalue weighted by Gasteiger charge is 2.24. The highest BCUT2D eigenvalue weighted by Crippen LogP contribution is 2.28. The van der Waals surface area contributed by atoms with E-state index >= 15 is 0 Å². The Morgan fingerprint density at radius 3 is 3.05 bits per heavy atom. The summed E-state index contributed by atoms with van der Waals surface area (Å²) < 4.78 is 15.3. The molecule has 0 unspecified atom stereocenters. The van der Waals surface area contributed by atoms with Gasteiger partial charge in [-0.15, -0.1) is 0 Å². The molecule has 100 valence electrons. The molecular weight excluding hydrogens is 241 g/mol. The van der Waals surface area contributed by atoms with Gasteiger partial charge in [-0.05, 0) is 36.6 Å². The first-order valence-electron chi connectivity index (χ1n) is 6.66. The largest absolute Gasteiger partial charge is 0.337 e. The number of nitrogens with zero attached hydrogens (tertiary/aromatic N) is 3. The number of benzene rings is 1. The summed E-state index contributed by atoms with van der Waals surface area (Å²) in [5.74, 6) is 1.39. The normalized spacial score (nSPS) is 20.0. The highest BCUT2D eigenvalue weighted by molar-refractivity contribution is 5.22. The molecule has 19 heavy (non-hydrogen) atoms. The van der Waals surface area contributed by atoms with E-state index < -0.39 is 0 Å². The third kappa shape index (κ3) is 2.68. The quantitative estimate of drug-likeness (QED) is 0.844. The van der Waals surface area contributed by atoms with Crippen LogP contribution in [0.4, 0.5) is 4.39 Å². The minimum absolute atomic E-state index is 0.139. The maximum atomic E-state index is 13.2. The lowest BCUT2D eigenvalue weighted by molar-refractivity contribution is 0.314. The van der Waals surface area contributed by atoms with Crippen LogP contribution in [0.15, 0.2) is 36.7 Å². The average molecular weight is 259 g/mol. The summed E-state index contributed by atoms with van der Waals surface area (Å²) in [6.07, 6.45) is 4.89. The molecule has 1 fully saturated rings. The van der Waals surface area contributed by atoms with E-state index in [4.69, 9.17) is 0 Å². The number of hydrogen-bond acceptors (Lipinski definition) is 2. The van der Waals surface area contributed by atoms with Crippen molar-refractivity contribution in [3.63, 3.8) is 0 Å². The molecular formula is C15H18FN3. The SMILES string of the molecule is Cn1ccnc1CN1CC[C@@H](c2cccc(F)c2)C1. The van der Waals surface area contributed by atoms with Crippen LogP contribution >= 0.6 is 0 Å². The van der Waals surface area contributed by atoms with Crippen LogP contribution in [0.2, 0.25) is 0 Å². The van der Waals surface area contributed by atoms with Gasteiger partial charge in [0.25, 0.3) is 0 Å². The molecule has 1 aliphatic rings. The van der Waals surface area contributed by atoms with Gasteiger partial charge in [-0.25, -0.2) is 9.37 Å². The third-order valence-corrected chi connectivity index (χ3v) is 3.88. The van der Waals surface area contributed by atoms with Crippen molar-refractivity contribution in [3.05, 3.63) is 53.9 Å². The number of imidazole rings is 1. The lowest BCUT2D eigenvalue weighted by atomic mass is 9.98. The molecule has 0 bridgehead atoms. The Bertz CT molecular complexity index is 564. The zero-order valence-electron chi connectivity index (χ0n) is 11.1. The third-order valence-electron chi connectivity index (χ3n) is 3.88. The maximum Gasteiger partial charge on any atom is 0.123 e. The molecule has 0 saturated carbocycles. The summed E-state index contributed by atoms with van der Waals surface area (Å²) in [6.45, 7) is 2.90. The van der Waals surface area contributed by atoms with Gasteiger partial charge in [0.1, 0.15) is 11.6 Å². The van der Waals surface area contributed by atoms with Crippen molar-refractivity contribution in [3.8, 4) is 0 Å². The van der Waals surface area contributed by atoms with Gasteiger partial charge >= 0.3 is 0 Å². The van der Waals surface area contributed by atoms with E-state index in [9.17, 15) is 4.39 Å². The topological polar surface area (TPSA) is 21.1 Å². The van der Waals surface area contributed by atoms with E-state index in [2.05, 4.69) is 14.5 Å². The van der Waals surface area contributed by atoms with E-state index in [1.54, 1.807) is 12.1 Å². The molecule has 1 atom stereocenters. The first-order chi connectivity index (χ1) is 9.22. The predicted octanol–water partition coefficient (Wildman–Crippen LogP) is 2.55. The van der Waals surface area contributed by atoms with Gasteiger partial charge in [-0.2, -0.15) is 0 Å². The second kappa shape index (κ2) is 5.13. The Morgan fingerprint density at radius 2 is 2.32 bits per heavy atom. The van der Waals surface area contributed by atoms with Gasteiger partial charge in [0.15, 0.2) is 0 Å². The average Bonchev–Trinajstić information content (AvgIpc) is 3.00. The molecule has 2 heterocycles. The molecule has 2 aromatic rings. The number of halogens is 1. The van der Waals surface area contributed by atoms with Crippen molar-refractivity contribution in [1.82, 2.24) is 14.5 Å². The Labute approximate surface area is 112 Å². The standard InChI is InChI=1S/C15H18FN3/c1-18-8-6-17-15(18)11-19-7-5-13(10-19)12-3-2-4-14(16)9-12/h2-4,6,8-9,13H,5,7,10-11H2,1H3/t13-/m1/s1. The smallest absolute Gasteiger partial charge is 0.123 e. The number of rotatable bonds is 3. The zero-order valence-corrected chi connectivity index (χ0v) is 11.1. The van der Waals surface area contributed by atoms with Crippen LogP contribution in [-0.4, -0.2) is 27.5 Å². The Morgan fingerprint density at radius 1 is 1.42 bits per heavy atom. The molecule has 0 radical (unpaired) electrons. The van der Waals surface area contributed by atoms with E-state index in [-0.39, 0.29) is 5.82 Å². The van der Waals surface area contributed by atoms with Crippen molar-refractivity contribution in [2.75, 3.05) is 13.1 Å². The van der Waals surface area contributed by atoms with Crippen LogP contribution in [0, 0.1) is 5.82 Å². The van der Waals surface area contributed by atoms with Gasteiger partial charge < -0.3 is 4.57 Å². The maximum absolute atomic E-state index is 13.2. The van der Waals surface area contributed by atoms with Gasteiger partial charge in [-0.3, -0.25) is 4.90 Å². The molecule has 0 aliphatic carbocycles. The lowest BCUT2D eigenvalue weighted by Crippen LogP contribution is -2.21. The fourth-order valence-corrected chi connectivity index (χ4v) is 2.76. The molecule has 0 spiro atoms. The lowest BCUT2D eigenvalue weighted by Gasteiger charge is -2.16. The van der Waals surface area contributed by atoms with Gasteiger partial charge in [0.2, 0.25) is 0 Å². The van der Waals surface area contributed by atoms with Crippen molar-refractivity contribution >= 4 is 0 Å². The van der Waals surface area contributed by atoms with Crippen molar-refractivity contribution in [2.24, 2.45) is 7.05 Å². The Hall–Kier alpha value is -1.68. The number of likely N-dealkylation sites (tertiary alicyclic amines) is 1. The van der Waals surface area contributed by atoms with Crippen LogP contribution in [0.5, 0.6) is 0 Å². The minimum atomic E-state index is -0.139. The van der Waals surface area contributed by atoms with E-state index in [0.29, 0.717) is 5.92 Å². The number of aromatic nitrogens is 2. The fourth-order valence-electron chi connectivity index (χ4n) is 2.76. The van der Waals surface area contributed by atoms with Crippen LogP contribution in [0.1, 0.15) is 23.7 Å². The first kappa shape index (κ1) is 12.4. The number of hydrogen-bond donors (Lipinski definition) is 0. The van der Waals surface area contributed by atoms with Gasteiger partial charge in [-0.1, -0.05) is 12.1 Å². The highest BCUT2D eigenvalue weighted by atomic mass is 19.1. The summed E-state index contributed by atoms with van der Waals surface area (Å²) in [5, 5.41) is 0. The summed E-state index contributed by atoms with van der Waals surface area (Å²) in [6, 6.07) is 6.99. The van der Waals surface area contributed by atoms with Crippen LogP contribution in [0.25, 0.3) is 0 Å². The van der Waals surface area contributed by atoms with Gasteiger partial charge in [0, 0.05) is 26.0 Å². The zero-order chi connectivity index (χ0) is 13.2. The molecule has 4 heteroatoms. The molecule has 3 rings (SSSR count). The molecule has 0 N–H and O–H groups in total. The second-order valence-electron chi connectivity index (χ2n) is 5.23. The Balaban J connectivity index is 1.66. The minimum Gasteiger partial charge on any atom is -0.337 e. The predicted molar refractivity (Wildman–Crippen MR) is 72.2 cm³/mol.